The third-order valence-electron chi connectivity index (χ3n) is 3.13. The molecule has 0 saturated carbocycles. The number of hydrogen-bond donors (Lipinski definition) is 1. The first-order chi connectivity index (χ1) is 6.43. The van der Waals surface area contributed by atoms with Gasteiger partial charge in [-0.1, -0.05) is 12.1 Å². The van der Waals surface area contributed by atoms with E-state index in [1.165, 1.54) is 24.4 Å². The standard InChI is InChI=1S/C11H13NS/c1-2-11(13-3-1)8-4-9-6-12-7-10(9)5-8/h1-4,9-10,12H,5-7H2. The molecule has 1 fully saturated rings. The van der Waals surface area contributed by atoms with Crippen LogP contribution in [0.1, 0.15) is 11.3 Å². The number of hydrogen-bond acceptors (Lipinski definition) is 2. The van der Waals surface area contributed by atoms with Gasteiger partial charge in [0.05, 0.1) is 0 Å². The van der Waals surface area contributed by atoms with Crippen molar-refractivity contribution in [3.05, 3.63) is 28.5 Å². The van der Waals surface area contributed by atoms with Crippen LogP contribution in [-0.2, 0) is 0 Å². The minimum atomic E-state index is 0.817. The Labute approximate surface area is 82.5 Å². The van der Waals surface area contributed by atoms with Crippen LogP contribution in [0.25, 0.3) is 5.57 Å². The van der Waals surface area contributed by atoms with E-state index in [9.17, 15) is 0 Å². The van der Waals surface area contributed by atoms with Crippen molar-refractivity contribution in [3.63, 3.8) is 0 Å². The molecular formula is C11H13NS. The van der Waals surface area contributed by atoms with Crippen LogP contribution >= 0.6 is 11.3 Å². The summed E-state index contributed by atoms with van der Waals surface area (Å²) >= 11 is 1.87. The third kappa shape index (κ3) is 1.25. The Morgan fingerprint density at radius 1 is 1.38 bits per heavy atom. The summed E-state index contributed by atoms with van der Waals surface area (Å²) in [5, 5.41) is 5.62. The second kappa shape index (κ2) is 2.96. The van der Waals surface area contributed by atoms with Crippen molar-refractivity contribution in [1.29, 1.82) is 0 Å². The first kappa shape index (κ1) is 7.77. The molecule has 2 heteroatoms. The molecule has 1 nitrogen and oxygen atoms in total. The van der Waals surface area contributed by atoms with Gasteiger partial charge in [0.2, 0.25) is 0 Å². The highest BCUT2D eigenvalue weighted by molar-refractivity contribution is 7.11. The molecule has 0 spiro atoms. The van der Waals surface area contributed by atoms with Crippen molar-refractivity contribution in [3.8, 4) is 0 Å². The Hall–Kier alpha value is -0.600. The SMILES string of the molecule is C1=C(c2cccs2)CC2CNCC12. The van der Waals surface area contributed by atoms with Gasteiger partial charge in [0.1, 0.15) is 0 Å². The zero-order valence-corrected chi connectivity index (χ0v) is 8.31. The fourth-order valence-corrected chi connectivity index (χ4v) is 3.19. The molecule has 1 aliphatic heterocycles. The predicted molar refractivity (Wildman–Crippen MR) is 56.8 cm³/mol. The van der Waals surface area contributed by atoms with Gasteiger partial charge >= 0.3 is 0 Å². The molecule has 0 aromatic carbocycles. The van der Waals surface area contributed by atoms with Gasteiger partial charge in [-0.2, -0.15) is 0 Å². The van der Waals surface area contributed by atoms with Crippen molar-refractivity contribution in [1.82, 2.24) is 5.32 Å². The predicted octanol–water partition coefficient (Wildman–Crippen LogP) is 2.37. The molecule has 1 aromatic heterocycles. The van der Waals surface area contributed by atoms with Crippen LogP contribution < -0.4 is 5.32 Å². The number of rotatable bonds is 1. The van der Waals surface area contributed by atoms with Gasteiger partial charge in [-0.25, -0.2) is 0 Å². The van der Waals surface area contributed by atoms with Crippen molar-refractivity contribution in [2.24, 2.45) is 11.8 Å². The molecule has 3 rings (SSSR count). The van der Waals surface area contributed by atoms with E-state index in [1.807, 2.05) is 11.3 Å². The number of nitrogens with one attached hydrogen (secondary N) is 1. The van der Waals surface area contributed by atoms with Crippen LogP contribution in [-0.4, -0.2) is 13.1 Å². The minimum Gasteiger partial charge on any atom is -0.316 e. The van der Waals surface area contributed by atoms with Gasteiger partial charge in [0.25, 0.3) is 0 Å². The van der Waals surface area contributed by atoms with Crippen molar-refractivity contribution < 1.29 is 0 Å². The van der Waals surface area contributed by atoms with Gasteiger partial charge < -0.3 is 5.32 Å². The largest absolute Gasteiger partial charge is 0.316 e. The monoisotopic (exact) mass is 191 g/mol. The van der Waals surface area contributed by atoms with Crippen LogP contribution in [0.2, 0.25) is 0 Å². The maximum absolute atomic E-state index is 3.45. The van der Waals surface area contributed by atoms with E-state index >= 15 is 0 Å². The molecule has 2 heterocycles. The quantitative estimate of drug-likeness (QED) is 0.718. The molecule has 2 unspecified atom stereocenters. The Bertz CT molecular complexity index is 326. The molecular weight excluding hydrogens is 178 g/mol. The fourth-order valence-electron chi connectivity index (χ4n) is 2.42. The maximum Gasteiger partial charge on any atom is 0.0299 e. The summed E-state index contributed by atoms with van der Waals surface area (Å²) in [6, 6.07) is 4.39. The van der Waals surface area contributed by atoms with Crippen LogP contribution in [0, 0.1) is 11.8 Å². The minimum absolute atomic E-state index is 0.817. The van der Waals surface area contributed by atoms with Crippen molar-refractivity contribution >= 4 is 16.9 Å². The van der Waals surface area contributed by atoms with Gasteiger partial charge in [-0.3, -0.25) is 0 Å². The Balaban J connectivity index is 1.88. The molecule has 0 radical (unpaired) electrons. The van der Waals surface area contributed by atoms with E-state index in [0.717, 1.165) is 11.8 Å². The zero-order valence-electron chi connectivity index (χ0n) is 7.49. The Morgan fingerprint density at radius 2 is 2.38 bits per heavy atom. The van der Waals surface area contributed by atoms with Gasteiger partial charge in [0.15, 0.2) is 0 Å². The fraction of sp³-hybridized carbons (Fsp3) is 0.455. The third-order valence-corrected chi connectivity index (χ3v) is 4.07. The van der Waals surface area contributed by atoms with Crippen LogP contribution in [0.3, 0.4) is 0 Å². The second-order valence-electron chi connectivity index (χ2n) is 3.96. The molecule has 13 heavy (non-hydrogen) atoms. The summed E-state index contributed by atoms with van der Waals surface area (Å²) in [5.41, 5.74) is 1.59. The Morgan fingerprint density at radius 3 is 3.15 bits per heavy atom. The summed E-state index contributed by atoms with van der Waals surface area (Å²) in [6.45, 7) is 2.41. The molecule has 2 aliphatic rings. The van der Waals surface area contributed by atoms with E-state index < -0.39 is 0 Å². The molecule has 1 N–H and O–H groups in total. The topological polar surface area (TPSA) is 12.0 Å². The summed E-state index contributed by atoms with van der Waals surface area (Å²) < 4.78 is 0. The highest BCUT2D eigenvalue weighted by atomic mass is 32.1. The number of allylic oxidation sites excluding steroid dienone is 1. The summed E-state index contributed by atoms with van der Waals surface area (Å²) in [5.74, 6) is 1.70. The van der Waals surface area contributed by atoms with Crippen LogP contribution in [0.4, 0.5) is 0 Å². The van der Waals surface area contributed by atoms with E-state index in [2.05, 4.69) is 28.9 Å². The number of thiophene rings is 1. The molecule has 68 valence electrons. The Kier molecular flexibility index (Phi) is 1.77. The summed E-state index contributed by atoms with van der Waals surface area (Å²) in [4.78, 5) is 1.48. The molecule has 0 amide bonds. The normalized spacial score (nSPS) is 31.8. The number of fused-ring (bicyclic) bond motifs is 1. The highest BCUT2D eigenvalue weighted by Gasteiger charge is 2.31. The van der Waals surface area contributed by atoms with Crippen LogP contribution in [0.5, 0.6) is 0 Å². The lowest BCUT2D eigenvalue weighted by molar-refractivity contribution is 0.536. The molecule has 2 atom stereocenters. The molecule has 1 saturated heterocycles. The van der Waals surface area contributed by atoms with Crippen LogP contribution in [0.15, 0.2) is 23.6 Å². The second-order valence-corrected chi connectivity index (χ2v) is 4.90. The van der Waals surface area contributed by atoms with Gasteiger partial charge in [-0.15, -0.1) is 11.3 Å². The molecule has 1 aromatic rings. The lowest BCUT2D eigenvalue weighted by atomic mass is 10.00. The summed E-state index contributed by atoms with van der Waals surface area (Å²) in [6.07, 6.45) is 3.77. The van der Waals surface area contributed by atoms with E-state index in [4.69, 9.17) is 0 Å². The highest BCUT2D eigenvalue weighted by Crippen LogP contribution is 2.39. The first-order valence-electron chi connectivity index (χ1n) is 4.89. The van der Waals surface area contributed by atoms with Crippen molar-refractivity contribution in [2.45, 2.75) is 6.42 Å². The van der Waals surface area contributed by atoms with Gasteiger partial charge in [-0.05, 0) is 41.8 Å². The van der Waals surface area contributed by atoms with Crippen molar-refractivity contribution in [2.75, 3.05) is 13.1 Å². The van der Waals surface area contributed by atoms with E-state index in [-0.39, 0.29) is 0 Å². The molecule has 0 bridgehead atoms. The summed E-state index contributed by atoms with van der Waals surface area (Å²) in [7, 11) is 0. The zero-order chi connectivity index (χ0) is 8.67. The molecule has 1 aliphatic carbocycles. The smallest absolute Gasteiger partial charge is 0.0299 e. The average Bonchev–Trinajstić information content (AvgIpc) is 2.78. The lowest BCUT2D eigenvalue weighted by Gasteiger charge is -2.04. The first-order valence-corrected chi connectivity index (χ1v) is 5.77. The average molecular weight is 191 g/mol. The van der Waals surface area contributed by atoms with Gasteiger partial charge in [0, 0.05) is 11.4 Å². The maximum atomic E-state index is 3.45. The lowest BCUT2D eigenvalue weighted by Crippen LogP contribution is -2.08. The van der Waals surface area contributed by atoms with E-state index in [1.54, 1.807) is 5.57 Å². The van der Waals surface area contributed by atoms with E-state index in [0.29, 0.717) is 0 Å².